The van der Waals surface area contributed by atoms with Gasteiger partial charge in [-0.1, -0.05) is 184 Å². The topological polar surface area (TPSA) is 29.5 Å². The van der Waals surface area contributed by atoms with E-state index >= 15 is 0 Å². The first-order chi connectivity index (χ1) is 26.1. The second-order valence-electron chi connectivity index (χ2n) is 17.0. The van der Waals surface area contributed by atoms with E-state index in [1.807, 2.05) is 19.9 Å². The lowest BCUT2D eigenvalue weighted by molar-refractivity contribution is -0.113. The molecule has 0 amide bonds. The lowest BCUT2D eigenvalue weighted by Crippen LogP contribution is -2.25. The minimum atomic E-state index is 0.435. The number of hydrogen-bond donors (Lipinski definition) is 0. The monoisotopic (exact) mass is 788 g/mol. The molecule has 2 rings (SSSR count). The molecule has 0 N–H and O–H groups in total. The molecule has 1 aliphatic carbocycles. The van der Waals surface area contributed by atoms with Crippen LogP contribution >= 0.6 is 11.8 Å². The number of carbonyl (C=O) groups is 1. The summed E-state index contributed by atoms with van der Waals surface area (Å²) >= 11 is 1.77. The highest BCUT2D eigenvalue weighted by molar-refractivity contribution is 8.11. The Hall–Kier alpha value is -1.52. The number of aldehydes is 1. The van der Waals surface area contributed by atoms with E-state index in [2.05, 4.69) is 127 Å². The average molecular weight is 788 g/mol. The van der Waals surface area contributed by atoms with E-state index in [9.17, 15) is 4.79 Å². The minimum Gasteiger partial charge on any atom is -0.496 e. The fourth-order valence-corrected chi connectivity index (χ4v) is 7.30. The van der Waals surface area contributed by atoms with Gasteiger partial charge in [0, 0.05) is 16.4 Å². The highest BCUT2D eigenvalue weighted by atomic mass is 32.2. The smallest absolute Gasteiger partial charge is 0.127 e. The van der Waals surface area contributed by atoms with Crippen molar-refractivity contribution in [3.63, 3.8) is 0 Å². The molecule has 0 radical (unpaired) electrons. The molecule has 1 fully saturated rings. The molecule has 324 valence electrons. The van der Waals surface area contributed by atoms with Crippen molar-refractivity contribution in [1.29, 1.82) is 0 Å². The van der Waals surface area contributed by atoms with E-state index < -0.39 is 0 Å². The summed E-state index contributed by atoms with van der Waals surface area (Å²) < 4.78 is 5.45. The number of aryl methyl sites for hydroxylation is 1. The Balaban J connectivity index is -0.000000689. The van der Waals surface area contributed by atoms with Crippen molar-refractivity contribution in [3.05, 3.63) is 46.9 Å². The molecule has 1 aromatic rings. The summed E-state index contributed by atoms with van der Waals surface area (Å²) in [7, 11) is 3.93. The maximum Gasteiger partial charge on any atom is 0.127 e. The third kappa shape index (κ3) is 30.3. The van der Waals surface area contributed by atoms with Gasteiger partial charge in [0.15, 0.2) is 0 Å². The number of thioether (sulfide) groups is 1. The molecule has 55 heavy (non-hydrogen) atoms. The third-order valence-corrected chi connectivity index (χ3v) is 12.2. The predicted octanol–water partition coefficient (Wildman–Crippen LogP) is 16.9. The van der Waals surface area contributed by atoms with Crippen LogP contribution in [0.3, 0.4) is 0 Å². The van der Waals surface area contributed by atoms with Crippen LogP contribution in [0, 0.1) is 41.9 Å². The van der Waals surface area contributed by atoms with Crippen LogP contribution in [-0.2, 0) is 4.79 Å². The molecule has 0 spiro atoms. The van der Waals surface area contributed by atoms with E-state index in [-0.39, 0.29) is 0 Å². The Morgan fingerprint density at radius 3 is 1.93 bits per heavy atom. The zero-order valence-corrected chi connectivity index (χ0v) is 41.0. The predicted molar refractivity (Wildman–Crippen MR) is 255 cm³/mol. The molecule has 0 aliphatic heterocycles. The Kier molecular flexibility index (Phi) is 38.7. The van der Waals surface area contributed by atoms with Crippen molar-refractivity contribution in [2.45, 2.75) is 200 Å². The summed E-state index contributed by atoms with van der Waals surface area (Å²) in [4.78, 5) is 14.7. The van der Waals surface area contributed by atoms with Crippen LogP contribution in [0.25, 0.3) is 4.91 Å². The normalized spacial score (nSPS) is 14.3. The van der Waals surface area contributed by atoms with E-state index in [4.69, 9.17) is 4.74 Å². The molecule has 1 aliphatic rings. The van der Waals surface area contributed by atoms with Crippen molar-refractivity contribution in [1.82, 2.24) is 4.90 Å². The average Bonchev–Trinajstić information content (AvgIpc) is 3.15. The van der Waals surface area contributed by atoms with Gasteiger partial charge in [-0.2, -0.15) is 0 Å². The van der Waals surface area contributed by atoms with Crippen LogP contribution < -0.4 is 4.74 Å². The summed E-state index contributed by atoms with van der Waals surface area (Å²) in [6, 6.07) is 6.22. The Labute approximate surface area is 351 Å². The van der Waals surface area contributed by atoms with Gasteiger partial charge >= 0.3 is 0 Å². The lowest BCUT2D eigenvalue weighted by atomic mass is 9.71. The van der Waals surface area contributed by atoms with Crippen LogP contribution in [0.2, 0.25) is 0 Å². The summed E-state index contributed by atoms with van der Waals surface area (Å²) in [5, 5.41) is 0. The minimum absolute atomic E-state index is 0.435. The number of hydrogen-bond acceptors (Lipinski definition) is 4. The van der Waals surface area contributed by atoms with Gasteiger partial charge in [0.25, 0.3) is 0 Å². The quantitative estimate of drug-likeness (QED) is 0.0865. The number of benzene rings is 1. The fraction of sp³-hybridized carbons (Fsp3) is 0.784. The summed E-state index contributed by atoms with van der Waals surface area (Å²) in [5.74, 6) is 4.67. The summed E-state index contributed by atoms with van der Waals surface area (Å²) in [6.07, 6.45) is 22.9. The van der Waals surface area contributed by atoms with Crippen molar-refractivity contribution >= 4 is 23.0 Å². The largest absolute Gasteiger partial charge is 0.496 e. The first-order valence-corrected chi connectivity index (χ1v) is 23.8. The molecular formula is C51H97NO2S. The van der Waals surface area contributed by atoms with Crippen molar-refractivity contribution in [2.75, 3.05) is 27.2 Å². The van der Waals surface area contributed by atoms with Crippen molar-refractivity contribution < 1.29 is 9.53 Å². The number of allylic oxidation sites excluding steroid dienone is 2. The second kappa shape index (κ2) is 36.8. The zero-order valence-electron chi connectivity index (χ0n) is 40.2. The molecule has 0 heterocycles. The van der Waals surface area contributed by atoms with Gasteiger partial charge in [0.1, 0.15) is 12.0 Å². The lowest BCUT2D eigenvalue weighted by Gasteiger charge is -2.35. The molecule has 4 heteroatoms. The third-order valence-electron chi connectivity index (χ3n) is 11.1. The van der Waals surface area contributed by atoms with Gasteiger partial charge in [-0.05, 0) is 118 Å². The molecule has 1 saturated carbocycles. The standard InChI is InChI=1S/C18H26OS.C16H34.C10H23N.C5H8O.C2H6/c1-7-13(3)11-16(8-2)20-15(5)17-12-14(4)9-10-18(17)19-6;1-8-13(4)11-15(16(5,6)7)12-14(9-2)10-3;1-4-6-7-8-10-11(3)9-5-2;6-4-5-2-1-3-5;1-2/h9-13H,5,7-8H2,1-4,6H3;13-15H,8-12H2,1-7H3;4-10H2,1-3H3;4-5H,1-3H2;1-2H3/b16-11-;;;;. The molecule has 0 bridgehead atoms. The van der Waals surface area contributed by atoms with Crippen molar-refractivity contribution in [3.8, 4) is 5.75 Å². The first-order valence-electron chi connectivity index (χ1n) is 23.0. The number of rotatable bonds is 22. The van der Waals surface area contributed by atoms with E-state index in [0.717, 1.165) is 59.5 Å². The highest BCUT2D eigenvalue weighted by Crippen LogP contribution is 2.39. The maximum absolute atomic E-state index is 9.79. The van der Waals surface area contributed by atoms with Crippen LogP contribution in [0.4, 0.5) is 0 Å². The van der Waals surface area contributed by atoms with Crippen LogP contribution in [0.5, 0.6) is 5.75 Å². The number of ether oxygens (including phenoxy) is 1. The Morgan fingerprint density at radius 2 is 1.53 bits per heavy atom. The SMILES string of the molecule is C=C(S/C(=C\C(C)CC)CC)c1cc(C)ccc1OC.CC.CCC(C)CC(CC(CC)CC)C(C)(C)C.CCCCCCN(C)CCC.O=CC1CCC1. The highest BCUT2D eigenvalue weighted by Gasteiger charge is 2.27. The molecule has 3 atom stereocenters. The summed E-state index contributed by atoms with van der Waals surface area (Å²) in [5.41, 5.74) is 2.80. The molecule has 3 unspecified atom stereocenters. The van der Waals surface area contributed by atoms with Crippen LogP contribution in [0.1, 0.15) is 204 Å². The number of methoxy groups -OCH3 is 1. The summed E-state index contributed by atoms with van der Waals surface area (Å²) in [6.45, 7) is 40.7. The van der Waals surface area contributed by atoms with Gasteiger partial charge in [-0.15, -0.1) is 0 Å². The van der Waals surface area contributed by atoms with Crippen molar-refractivity contribution in [2.24, 2.45) is 35.0 Å². The molecular weight excluding hydrogens is 691 g/mol. The van der Waals surface area contributed by atoms with E-state index in [1.54, 1.807) is 18.9 Å². The Morgan fingerprint density at radius 1 is 0.909 bits per heavy atom. The Bertz CT molecular complexity index is 1060. The first kappa shape index (κ1) is 57.8. The fourth-order valence-electron chi connectivity index (χ4n) is 6.27. The van der Waals surface area contributed by atoms with Crippen LogP contribution in [0.15, 0.2) is 35.8 Å². The number of unbranched alkanes of at least 4 members (excludes halogenated alkanes) is 3. The maximum atomic E-state index is 9.79. The van der Waals surface area contributed by atoms with Crippen LogP contribution in [-0.4, -0.2) is 38.4 Å². The van der Waals surface area contributed by atoms with Gasteiger partial charge in [-0.25, -0.2) is 0 Å². The van der Waals surface area contributed by atoms with Gasteiger partial charge in [0.2, 0.25) is 0 Å². The molecule has 0 saturated heterocycles. The van der Waals surface area contributed by atoms with Gasteiger partial charge in [0.05, 0.1) is 7.11 Å². The van der Waals surface area contributed by atoms with E-state index in [1.165, 1.54) is 101 Å². The van der Waals surface area contributed by atoms with Gasteiger partial charge < -0.3 is 14.4 Å². The second-order valence-corrected chi connectivity index (χ2v) is 18.2. The zero-order chi connectivity index (χ0) is 42.8. The number of carbonyl (C=O) groups excluding carboxylic acids is 1. The number of nitrogens with zero attached hydrogens (tertiary/aromatic N) is 1. The molecule has 0 aromatic heterocycles. The molecule has 3 nitrogen and oxygen atoms in total. The van der Waals surface area contributed by atoms with Gasteiger partial charge in [-0.3, -0.25) is 0 Å². The van der Waals surface area contributed by atoms with E-state index in [0.29, 0.717) is 17.3 Å². The molecule has 1 aromatic carbocycles.